The van der Waals surface area contributed by atoms with Crippen LogP contribution in [0, 0.1) is 6.92 Å². The molecule has 0 saturated carbocycles. The van der Waals surface area contributed by atoms with Crippen LogP contribution in [-0.2, 0) is 6.42 Å². The summed E-state index contributed by atoms with van der Waals surface area (Å²) in [6, 6.07) is 16.9. The number of hydrogen-bond donors (Lipinski definition) is 1. The number of H-pyrrole nitrogens is 1. The van der Waals surface area contributed by atoms with Gasteiger partial charge in [0.25, 0.3) is 0 Å². The summed E-state index contributed by atoms with van der Waals surface area (Å²) >= 11 is 5.92. The summed E-state index contributed by atoms with van der Waals surface area (Å²) in [4.78, 5) is 8.01. The van der Waals surface area contributed by atoms with Gasteiger partial charge in [0.2, 0.25) is 0 Å². The Bertz CT molecular complexity index is 1070. The maximum atomic E-state index is 5.92. The van der Waals surface area contributed by atoms with Crippen molar-refractivity contribution in [2.24, 2.45) is 0 Å². The minimum Gasteiger partial charge on any atom is -0.457 e. The number of imidazole rings is 1. The number of hydrogen-bond acceptors (Lipinski definition) is 4. The molecule has 2 aromatic carbocycles. The van der Waals surface area contributed by atoms with E-state index in [0.717, 1.165) is 46.4 Å². The molecule has 0 radical (unpaired) electrons. The molecule has 27 heavy (non-hydrogen) atoms. The first-order valence-electron chi connectivity index (χ1n) is 8.69. The van der Waals surface area contributed by atoms with Crippen LogP contribution in [0.15, 0.2) is 59.1 Å². The third-order valence-electron chi connectivity index (χ3n) is 4.20. The summed E-state index contributed by atoms with van der Waals surface area (Å²) in [7, 11) is 0. The van der Waals surface area contributed by atoms with Gasteiger partial charge in [-0.25, -0.2) is 4.98 Å². The van der Waals surface area contributed by atoms with Gasteiger partial charge < -0.3 is 14.2 Å². The molecular weight excluding hydrogens is 362 g/mol. The molecule has 6 heteroatoms. The van der Waals surface area contributed by atoms with Gasteiger partial charge in [-0.2, -0.15) is 0 Å². The van der Waals surface area contributed by atoms with Crippen LogP contribution in [0.25, 0.3) is 22.8 Å². The number of nitrogens with zero attached hydrogens (tertiary/aromatic N) is 2. The van der Waals surface area contributed by atoms with Crippen molar-refractivity contribution in [3.63, 3.8) is 0 Å². The minimum atomic E-state index is 0.667. The number of ether oxygens (including phenoxy) is 1. The molecule has 1 N–H and O–H groups in total. The summed E-state index contributed by atoms with van der Waals surface area (Å²) in [6.45, 7) is 4.00. The lowest BCUT2D eigenvalue weighted by molar-refractivity contribution is 0.423. The average molecular weight is 380 g/mol. The Balaban J connectivity index is 1.62. The Hall–Kier alpha value is -3.05. The average Bonchev–Trinajstić information content (AvgIpc) is 3.30. The molecule has 0 spiro atoms. The Morgan fingerprint density at radius 1 is 1.07 bits per heavy atom. The summed E-state index contributed by atoms with van der Waals surface area (Å²) in [6.07, 6.45) is 0.823. The first-order chi connectivity index (χ1) is 13.1. The number of aryl methyl sites for hydroxylation is 2. The number of rotatable bonds is 5. The van der Waals surface area contributed by atoms with Crippen molar-refractivity contribution < 1.29 is 9.26 Å². The second-order valence-corrected chi connectivity index (χ2v) is 6.62. The normalized spacial score (nSPS) is 10.9. The molecule has 0 atom stereocenters. The molecule has 0 saturated heterocycles. The first-order valence-corrected chi connectivity index (χ1v) is 9.06. The topological polar surface area (TPSA) is 63.9 Å². The van der Waals surface area contributed by atoms with Gasteiger partial charge in [-0.3, -0.25) is 0 Å². The third-order valence-corrected chi connectivity index (χ3v) is 4.45. The number of halogens is 1. The Labute approximate surface area is 162 Å². The van der Waals surface area contributed by atoms with E-state index in [-0.39, 0.29) is 0 Å². The van der Waals surface area contributed by atoms with Gasteiger partial charge in [-0.1, -0.05) is 35.8 Å². The highest BCUT2D eigenvalue weighted by molar-refractivity contribution is 6.30. The predicted octanol–water partition coefficient (Wildman–Crippen LogP) is 6.05. The minimum absolute atomic E-state index is 0.667. The first kappa shape index (κ1) is 17.4. The van der Waals surface area contributed by atoms with Gasteiger partial charge in [0, 0.05) is 22.3 Å². The molecule has 2 aromatic heterocycles. The fourth-order valence-corrected chi connectivity index (χ4v) is 2.90. The number of nitrogens with one attached hydrogen (secondary N) is 1. The molecule has 0 aliphatic heterocycles. The van der Waals surface area contributed by atoms with E-state index in [1.54, 1.807) is 12.1 Å². The van der Waals surface area contributed by atoms with Crippen molar-refractivity contribution in [3.8, 4) is 34.3 Å². The number of benzene rings is 2. The highest BCUT2D eigenvalue weighted by Gasteiger charge is 2.15. The van der Waals surface area contributed by atoms with Crippen LogP contribution in [0.1, 0.15) is 18.3 Å². The van der Waals surface area contributed by atoms with E-state index in [9.17, 15) is 0 Å². The molecule has 4 rings (SSSR count). The van der Waals surface area contributed by atoms with E-state index in [0.29, 0.717) is 10.8 Å². The molecule has 0 fully saturated rings. The molecule has 136 valence electrons. The van der Waals surface area contributed by atoms with Gasteiger partial charge in [0.15, 0.2) is 5.76 Å². The fraction of sp³-hybridized carbons (Fsp3) is 0.143. The van der Waals surface area contributed by atoms with E-state index in [1.807, 2.05) is 56.3 Å². The summed E-state index contributed by atoms with van der Waals surface area (Å²) in [5, 5.41) is 4.72. The Morgan fingerprint density at radius 3 is 2.63 bits per heavy atom. The fourth-order valence-electron chi connectivity index (χ4n) is 2.77. The van der Waals surface area contributed by atoms with E-state index in [2.05, 4.69) is 10.1 Å². The third kappa shape index (κ3) is 3.73. The van der Waals surface area contributed by atoms with E-state index in [1.165, 1.54) is 0 Å². The quantitative estimate of drug-likeness (QED) is 0.458. The maximum absolute atomic E-state index is 5.92. The largest absolute Gasteiger partial charge is 0.457 e. The monoisotopic (exact) mass is 379 g/mol. The van der Waals surface area contributed by atoms with Crippen molar-refractivity contribution >= 4 is 11.6 Å². The van der Waals surface area contributed by atoms with E-state index < -0.39 is 0 Å². The molecule has 5 nitrogen and oxygen atoms in total. The standard InChI is InChI=1S/C21H18ClN3O2/c1-3-16-12-19(27-25-16)20-13(2)23-21(24-20)14-5-4-6-18(11-14)26-17-9-7-15(22)8-10-17/h4-12H,3H2,1-2H3,(H,23,24). The highest BCUT2D eigenvalue weighted by Crippen LogP contribution is 2.30. The van der Waals surface area contributed by atoms with Gasteiger partial charge >= 0.3 is 0 Å². The molecule has 0 aliphatic rings. The van der Waals surface area contributed by atoms with Crippen LogP contribution in [0.5, 0.6) is 11.5 Å². The molecular formula is C21H18ClN3O2. The van der Waals surface area contributed by atoms with Crippen LogP contribution in [0.4, 0.5) is 0 Å². The smallest absolute Gasteiger partial charge is 0.187 e. The number of aromatic amines is 1. The van der Waals surface area contributed by atoms with E-state index >= 15 is 0 Å². The van der Waals surface area contributed by atoms with Crippen molar-refractivity contribution in [1.82, 2.24) is 15.1 Å². The van der Waals surface area contributed by atoms with Crippen LogP contribution in [0.3, 0.4) is 0 Å². The van der Waals surface area contributed by atoms with Crippen LogP contribution >= 0.6 is 11.6 Å². The highest BCUT2D eigenvalue weighted by atomic mass is 35.5. The molecule has 0 bridgehead atoms. The van der Waals surface area contributed by atoms with E-state index in [4.69, 9.17) is 25.8 Å². The van der Waals surface area contributed by atoms with Gasteiger partial charge in [-0.05, 0) is 49.7 Å². The van der Waals surface area contributed by atoms with Crippen molar-refractivity contribution in [3.05, 3.63) is 71.0 Å². The number of aromatic nitrogens is 3. The Morgan fingerprint density at radius 2 is 1.89 bits per heavy atom. The lowest BCUT2D eigenvalue weighted by Gasteiger charge is -2.07. The molecule has 0 aliphatic carbocycles. The second kappa shape index (κ2) is 7.29. The molecule has 0 unspecified atom stereocenters. The molecule has 0 amide bonds. The summed E-state index contributed by atoms with van der Waals surface area (Å²) < 4.78 is 11.3. The summed E-state index contributed by atoms with van der Waals surface area (Å²) in [5.74, 6) is 2.86. The van der Waals surface area contributed by atoms with Crippen LogP contribution in [-0.4, -0.2) is 15.1 Å². The molecule has 2 heterocycles. The van der Waals surface area contributed by atoms with Gasteiger partial charge in [-0.15, -0.1) is 0 Å². The maximum Gasteiger partial charge on any atom is 0.187 e. The zero-order valence-electron chi connectivity index (χ0n) is 15.0. The van der Waals surface area contributed by atoms with Crippen LogP contribution in [0.2, 0.25) is 5.02 Å². The lowest BCUT2D eigenvalue weighted by atomic mass is 10.2. The summed E-state index contributed by atoms with van der Waals surface area (Å²) in [5.41, 5.74) is 3.52. The van der Waals surface area contributed by atoms with Crippen LogP contribution < -0.4 is 4.74 Å². The van der Waals surface area contributed by atoms with Gasteiger partial charge in [0.1, 0.15) is 23.0 Å². The van der Waals surface area contributed by atoms with Gasteiger partial charge in [0.05, 0.1) is 5.69 Å². The van der Waals surface area contributed by atoms with Crippen molar-refractivity contribution in [2.45, 2.75) is 20.3 Å². The molecule has 4 aromatic rings. The predicted molar refractivity (Wildman–Crippen MR) is 105 cm³/mol. The lowest BCUT2D eigenvalue weighted by Crippen LogP contribution is -1.86. The zero-order chi connectivity index (χ0) is 18.8. The second-order valence-electron chi connectivity index (χ2n) is 6.18. The Kier molecular flexibility index (Phi) is 4.69. The SMILES string of the molecule is CCc1cc(-c2nc(-c3cccc(Oc4ccc(Cl)cc4)c3)[nH]c2C)on1. The van der Waals surface area contributed by atoms with Crippen molar-refractivity contribution in [1.29, 1.82) is 0 Å². The van der Waals surface area contributed by atoms with Crippen molar-refractivity contribution in [2.75, 3.05) is 0 Å². The zero-order valence-corrected chi connectivity index (χ0v) is 15.7.